The minimum absolute atomic E-state index is 0.0672. The van der Waals surface area contributed by atoms with Crippen molar-refractivity contribution in [1.82, 2.24) is 10.0 Å². The number of aromatic nitrogens is 2. The molecule has 2 rings (SSSR count). The van der Waals surface area contributed by atoms with E-state index in [0.29, 0.717) is 22.4 Å². The molecule has 0 unspecified atom stereocenters. The number of nitrogens with zero attached hydrogens (tertiary/aromatic N) is 2. The molecular formula is C14H17N3O4. The number of amides is 1. The summed E-state index contributed by atoms with van der Waals surface area (Å²) in [6.45, 7) is 4.47. The molecule has 0 radical (unpaired) electrons. The van der Waals surface area contributed by atoms with E-state index in [0.717, 1.165) is 0 Å². The van der Waals surface area contributed by atoms with Crippen LogP contribution >= 0.6 is 0 Å². The largest absolute Gasteiger partial charge is 0.805 e. The van der Waals surface area contributed by atoms with Crippen molar-refractivity contribution in [3.05, 3.63) is 45.8 Å². The van der Waals surface area contributed by atoms with Gasteiger partial charge in [0.25, 0.3) is 5.52 Å². The summed E-state index contributed by atoms with van der Waals surface area (Å²) in [4.78, 5) is 24.4. The molecule has 0 aliphatic heterocycles. The molecule has 112 valence electrons. The summed E-state index contributed by atoms with van der Waals surface area (Å²) in [6, 6.07) is 6.36. The molecule has 1 amide bonds. The molecule has 0 saturated heterocycles. The third-order valence-corrected chi connectivity index (χ3v) is 3.12. The lowest BCUT2D eigenvalue weighted by atomic mass is 10.2. The number of fused-ring (bicyclic) bond motifs is 1. The van der Waals surface area contributed by atoms with Gasteiger partial charge in [-0.2, -0.15) is 0 Å². The highest BCUT2D eigenvalue weighted by atomic mass is 16.5. The lowest BCUT2D eigenvalue weighted by Crippen LogP contribution is -2.38. The minimum atomic E-state index is -0.586. The van der Waals surface area contributed by atoms with Crippen LogP contribution in [-0.2, 0) is 4.74 Å². The Morgan fingerprint density at radius 1 is 1.43 bits per heavy atom. The van der Waals surface area contributed by atoms with Gasteiger partial charge < -0.3 is 20.0 Å². The predicted octanol–water partition coefficient (Wildman–Crippen LogP) is 0.976. The van der Waals surface area contributed by atoms with Crippen LogP contribution in [0, 0.1) is 17.0 Å². The zero-order valence-electron chi connectivity index (χ0n) is 12.0. The summed E-state index contributed by atoms with van der Waals surface area (Å²) in [5.74, 6) is -0.586. The van der Waals surface area contributed by atoms with Crippen molar-refractivity contribution in [2.75, 3.05) is 19.8 Å². The van der Waals surface area contributed by atoms with Crippen molar-refractivity contribution in [3.63, 3.8) is 0 Å². The van der Waals surface area contributed by atoms with Crippen LogP contribution in [0.3, 0.4) is 0 Å². The van der Waals surface area contributed by atoms with Crippen molar-refractivity contribution in [2.24, 2.45) is 0 Å². The molecule has 7 heteroatoms. The first-order valence-corrected chi connectivity index (χ1v) is 6.68. The van der Waals surface area contributed by atoms with Crippen LogP contribution in [0.5, 0.6) is 0 Å². The van der Waals surface area contributed by atoms with Gasteiger partial charge in [-0.05, 0) is 19.9 Å². The Morgan fingerprint density at radius 3 is 2.86 bits per heavy atom. The molecule has 0 spiro atoms. The summed E-state index contributed by atoms with van der Waals surface area (Å²) >= 11 is 0. The van der Waals surface area contributed by atoms with E-state index in [1.165, 1.54) is 13.0 Å². The van der Waals surface area contributed by atoms with E-state index < -0.39 is 5.91 Å². The lowest BCUT2D eigenvalue weighted by Gasteiger charge is -2.16. The average Bonchev–Trinajstić information content (AvgIpc) is 2.49. The van der Waals surface area contributed by atoms with Crippen molar-refractivity contribution in [3.8, 4) is 0 Å². The van der Waals surface area contributed by atoms with E-state index in [2.05, 4.69) is 5.32 Å². The van der Waals surface area contributed by atoms with Crippen LogP contribution in [-0.4, -0.2) is 30.4 Å². The van der Waals surface area contributed by atoms with Gasteiger partial charge in [-0.1, -0.05) is 12.1 Å². The molecule has 0 atom stereocenters. The van der Waals surface area contributed by atoms with Gasteiger partial charge >= 0.3 is 11.6 Å². The highest BCUT2D eigenvalue weighted by molar-refractivity contribution is 5.93. The summed E-state index contributed by atoms with van der Waals surface area (Å²) in [5.41, 5.74) is 0.265. The van der Waals surface area contributed by atoms with Gasteiger partial charge in [0.2, 0.25) is 0 Å². The van der Waals surface area contributed by atoms with Gasteiger partial charge in [0.05, 0.1) is 16.7 Å². The van der Waals surface area contributed by atoms with Gasteiger partial charge in [-0.15, -0.1) is 0 Å². The fourth-order valence-corrected chi connectivity index (χ4v) is 2.07. The summed E-state index contributed by atoms with van der Waals surface area (Å²) in [5, 5.41) is 14.7. The van der Waals surface area contributed by atoms with Crippen LogP contribution in [0.2, 0.25) is 0 Å². The van der Waals surface area contributed by atoms with Gasteiger partial charge in [0.15, 0.2) is 0 Å². The van der Waals surface area contributed by atoms with E-state index in [1.807, 2.05) is 6.92 Å². The Bertz CT molecular complexity index is 724. The monoisotopic (exact) mass is 291 g/mol. The second-order valence-electron chi connectivity index (χ2n) is 4.46. The molecule has 2 aromatic rings. The molecule has 0 saturated carbocycles. The van der Waals surface area contributed by atoms with E-state index in [4.69, 9.17) is 4.74 Å². The van der Waals surface area contributed by atoms with Crippen LogP contribution in [0.4, 0.5) is 0 Å². The number of hydrogen-bond donors (Lipinski definition) is 1. The third-order valence-electron chi connectivity index (χ3n) is 3.12. The standard InChI is InChI=1S/C14H17N3O4/c1-3-21-9-8-15-14(18)13-10(2)16(19)11-6-4-5-7-12(11)17(13)20/h4-7H,3,8-9H2,1-2H3,(H,15,18). The first kappa shape index (κ1) is 15.0. The van der Waals surface area contributed by atoms with Gasteiger partial charge in [0.1, 0.15) is 5.52 Å². The Labute approximate surface area is 121 Å². The molecule has 1 heterocycles. The molecule has 0 aliphatic rings. The number of carbonyl (C=O) groups is 1. The maximum atomic E-state index is 12.3. The molecule has 21 heavy (non-hydrogen) atoms. The first-order chi connectivity index (χ1) is 10.1. The second-order valence-corrected chi connectivity index (χ2v) is 4.46. The molecule has 7 nitrogen and oxygen atoms in total. The van der Waals surface area contributed by atoms with Crippen LogP contribution in [0.25, 0.3) is 11.0 Å². The number of ether oxygens (including phenoxy) is 1. The minimum Gasteiger partial charge on any atom is -0.805 e. The highest BCUT2D eigenvalue weighted by Crippen LogP contribution is 2.13. The zero-order chi connectivity index (χ0) is 15.4. The highest BCUT2D eigenvalue weighted by Gasteiger charge is 2.26. The number of hydrogen-bond acceptors (Lipinski definition) is 4. The lowest BCUT2D eigenvalue weighted by molar-refractivity contribution is -0.468. The number of rotatable bonds is 5. The topological polar surface area (TPSA) is 89.3 Å². The van der Waals surface area contributed by atoms with E-state index in [1.54, 1.807) is 18.2 Å². The van der Waals surface area contributed by atoms with Gasteiger partial charge in [-0.3, -0.25) is 4.79 Å². The number of para-hydroxylation sites is 2. The summed E-state index contributed by atoms with van der Waals surface area (Å²) < 4.78 is 6.20. The van der Waals surface area contributed by atoms with Gasteiger partial charge in [-0.25, -0.2) is 0 Å². The third kappa shape index (κ3) is 2.87. The van der Waals surface area contributed by atoms with Crippen molar-refractivity contribution in [2.45, 2.75) is 13.8 Å². The SMILES string of the molecule is CCOCCNC(=O)c1c(C)n([O-])c2ccccc2[n+]1=O. The van der Waals surface area contributed by atoms with E-state index in [-0.39, 0.29) is 29.0 Å². The molecular weight excluding hydrogens is 274 g/mol. The maximum absolute atomic E-state index is 12.3. The molecule has 0 aliphatic carbocycles. The fourth-order valence-electron chi connectivity index (χ4n) is 2.07. The van der Waals surface area contributed by atoms with Crippen LogP contribution in [0.15, 0.2) is 24.3 Å². The molecule has 1 N–H and O–H groups in total. The Balaban J connectivity index is 2.40. The molecule has 0 bridgehead atoms. The Morgan fingerprint density at radius 2 is 2.14 bits per heavy atom. The van der Waals surface area contributed by atoms with E-state index in [9.17, 15) is 14.9 Å². The quantitative estimate of drug-likeness (QED) is 0.656. The molecule has 1 aromatic carbocycles. The van der Waals surface area contributed by atoms with Crippen molar-refractivity contribution >= 4 is 16.9 Å². The summed E-state index contributed by atoms with van der Waals surface area (Å²) in [7, 11) is 0. The normalized spacial score (nSPS) is 10.8. The fraction of sp³-hybridized carbons (Fsp3) is 0.357. The predicted molar refractivity (Wildman–Crippen MR) is 77.6 cm³/mol. The van der Waals surface area contributed by atoms with Crippen LogP contribution in [0.1, 0.15) is 23.1 Å². The Hall–Kier alpha value is -2.41. The van der Waals surface area contributed by atoms with Crippen LogP contribution < -0.4 is 9.74 Å². The zero-order valence-corrected chi connectivity index (χ0v) is 12.0. The van der Waals surface area contributed by atoms with Gasteiger partial charge in [0, 0.05) is 24.1 Å². The van der Waals surface area contributed by atoms with Crippen molar-refractivity contribution < 1.29 is 14.0 Å². The maximum Gasteiger partial charge on any atom is 0.346 e. The molecule has 0 fully saturated rings. The number of carbonyl (C=O) groups excluding carboxylic acids is 1. The van der Waals surface area contributed by atoms with E-state index >= 15 is 0 Å². The average molecular weight is 291 g/mol. The molecule has 1 aromatic heterocycles. The Kier molecular flexibility index (Phi) is 4.54. The second kappa shape index (κ2) is 6.36. The van der Waals surface area contributed by atoms with Crippen molar-refractivity contribution in [1.29, 1.82) is 0 Å². The number of nitrogens with one attached hydrogen (secondary N) is 1. The smallest absolute Gasteiger partial charge is 0.346 e. The summed E-state index contributed by atoms with van der Waals surface area (Å²) in [6.07, 6.45) is 0. The first-order valence-electron chi connectivity index (χ1n) is 6.68. The number of benzene rings is 1.